The maximum atomic E-state index is 12.0. The molecule has 0 fully saturated rings. The second kappa shape index (κ2) is 5.91. The largest absolute Gasteiger partial charge is 0.507 e. The van der Waals surface area contributed by atoms with Gasteiger partial charge in [-0.1, -0.05) is 17.7 Å². The third-order valence-corrected chi connectivity index (χ3v) is 3.25. The van der Waals surface area contributed by atoms with Crippen molar-refractivity contribution in [2.24, 2.45) is 0 Å². The number of carbonyl (C=O) groups is 1. The van der Waals surface area contributed by atoms with E-state index in [-0.39, 0.29) is 17.4 Å². The van der Waals surface area contributed by atoms with Crippen molar-refractivity contribution in [2.75, 3.05) is 0 Å². The molecule has 0 amide bonds. The van der Waals surface area contributed by atoms with E-state index in [1.807, 2.05) is 0 Å². The van der Waals surface area contributed by atoms with Crippen molar-refractivity contribution in [2.45, 2.75) is 33.3 Å². The van der Waals surface area contributed by atoms with E-state index in [1.54, 1.807) is 26.8 Å². The molecule has 98 valence electrons. The molecule has 1 atom stereocenters. The van der Waals surface area contributed by atoms with Crippen LogP contribution in [-0.2, 0) is 4.74 Å². The molecule has 0 unspecified atom stereocenters. The van der Waals surface area contributed by atoms with Crippen LogP contribution in [0, 0.1) is 13.8 Å². The Morgan fingerprint density at radius 3 is 2.78 bits per heavy atom. The van der Waals surface area contributed by atoms with Crippen molar-refractivity contribution >= 4 is 17.6 Å². The Kier molecular flexibility index (Phi) is 4.79. The molecule has 0 spiro atoms. The number of aromatic hydroxyl groups is 1. The van der Waals surface area contributed by atoms with Gasteiger partial charge < -0.3 is 9.84 Å². The Bertz CT molecular complexity index is 480. The van der Waals surface area contributed by atoms with E-state index in [4.69, 9.17) is 16.3 Å². The van der Waals surface area contributed by atoms with Crippen LogP contribution in [0.2, 0.25) is 5.02 Å². The summed E-state index contributed by atoms with van der Waals surface area (Å²) in [5.41, 5.74) is 1.38. The first-order chi connectivity index (χ1) is 8.38. The highest BCUT2D eigenvalue weighted by molar-refractivity contribution is 6.32. The SMILES string of the molecule is C=CC[C@@H](C)OC(=O)c1c(O)cc(C)c(Cl)c1C. The Hall–Kier alpha value is -1.48. The molecule has 0 bridgehead atoms. The molecule has 0 aromatic heterocycles. The van der Waals surface area contributed by atoms with E-state index in [9.17, 15) is 9.90 Å². The molecule has 0 heterocycles. The molecule has 1 aromatic rings. The molecule has 3 nitrogen and oxygen atoms in total. The van der Waals surface area contributed by atoms with Gasteiger partial charge >= 0.3 is 5.97 Å². The van der Waals surface area contributed by atoms with Gasteiger partial charge in [0.15, 0.2) is 0 Å². The van der Waals surface area contributed by atoms with E-state index < -0.39 is 5.97 Å². The number of rotatable bonds is 4. The van der Waals surface area contributed by atoms with Gasteiger partial charge in [0.2, 0.25) is 0 Å². The van der Waals surface area contributed by atoms with Crippen LogP contribution in [0.5, 0.6) is 5.75 Å². The van der Waals surface area contributed by atoms with Gasteiger partial charge in [0, 0.05) is 11.4 Å². The Balaban J connectivity index is 3.06. The maximum absolute atomic E-state index is 12.0. The van der Waals surface area contributed by atoms with Crippen LogP contribution in [-0.4, -0.2) is 17.2 Å². The van der Waals surface area contributed by atoms with Crippen molar-refractivity contribution in [3.8, 4) is 5.75 Å². The van der Waals surface area contributed by atoms with Crippen LogP contribution < -0.4 is 0 Å². The molecule has 18 heavy (non-hydrogen) atoms. The second-order valence-electron chi connectivity index (χ2n) is 4.27. The summed E-state index contributed by atoms with van der Waals surface area (Å²) in [6, 6.07) is 1.46. The minimum atomic E-state index is -0.568. The fourth-order valence-corrected chi connectivity index (χ4v) is 1.87. The molecule has 1 N–H and O–H groups in total. The third kappa shape index (κ3) is 3.05. The average molecular weight is 269 g/mol. The molecule has 1 rings (SSSR count). The van der Waals surface area contributed by atoms with E-state index in [0.29, 0.717) is 17.0 Å². The molecule has 0 aliphatic rings. The van der Waals surface area contributed by atoms with Crippen LogP contribution in [0.1, 0.15) is 34.8 Å². The Morgan fingerprint density at radius 2 is 2.22 bits per heavy atom. The summed E-state index contributed by atoms with van der Waals surface area (Å²) in [5.74, 6) is -0.675. The summed E-state index contributed by atoms with van der Waals surface area (Å²) < 4.78 is 5.20. The van der Waals surface area contributed by atoms with Gasteiger partial charge in [0.25, 0.3) is 0 Å². The highest BCUT2D eigenvalue weighted by atomic mass is 35.5. The topological polar surface area (TPSA) is 46.5 Å². The van der Waals surface area contributed by atoms with Gasteiger partial charge in [0.05, 0.1) is 0 Å². The molecular weight excluding hydrogens is 252 g/mol. The molecule has 0 aliphatic heterocycles. The lowest BCUT2D eigenvalue weighted by molar-refractivity contribution is 0.0344. The quantitative estimate of drug-likeness (QED) is 0.668. The number of carbonyl (C=O) groups excluding carboxylic acids is 1. The van der Waals surface area contributed by atoms with Gasteiger partial charge in [-0.25, -0.2) is 4.79 Å². The van der Waals surface area contributed by atoms with E-state index in [2.05, 4.69) is 6.58 Å². The number of hydrogen-bond acceptors (Lipinski definition) is 3. The molecule has 0 saturated heterocycles. The minimum absolute atomic E-state index is 0.106. The zero-order valence-electron chi connectivity index (χ0n) is 10.8. The highest BCUT2D eigenvalue weighted by Crippen LogP contribution is 2.31. The van der Waals surface area contributed by atoms with Crippen molar-refractivity contribution in [1.29, 1.82) is 0 Å². The number of halogens is 1. The van der Waals surface area contributed by atoms with Crippen LogP contribution in [0.3, 0.4) is 0 Å². The molecule has 4 heteroatoms. The number of esters is 1. The number of aryl methyl sites for hydroxylation is 1. The lowest BCUT2D eigenvalue weighted by atomic mass is 10.0. The number of hydrogen-bond donors (Lipinski definition) is 1. The fourth-order valence-electron chi connectivity index (χ4n) is 1.72. The molecule has 0 radical (unpaired) electrons. The summed E-state index contributed by atoms with van der Waals surface area (Å²) in [5, 5.41) is 10.3. The Morgan fingerprint density at radius 1 is 1.61 bits per heavy atom. The molecule has 0 saturated carbocycles. The third-order valence-electron chi connectivity index (χ3n) is 2.67. The predicted octanol–water partition coefficient (Wildman–Crippen LogP) is 3.78. The lowest BCUT2D eigenvalue weighted by Crippen LogP contribution is -2.15. The first kappa shape index (κ1) is 14.6. The first-order valence-electron chi connectivity index (χ1n) is 5.69. The lowest BCUT2D eigenvalue weighted by Gasteiger charge is -2.15. The molecule has 0 aliphatic carbocycles. The van der Waals surface area contributed by atoms with Gasteiger partial charge in [-0.3, -0.25) is 0 Å². The number of ether oxygens (including phenoxy) is 1. The van der Waals surface area contributed by atoms with E-state index in [1.165, 1.54) is 6.07 Å². The maximum Gasteiger partial charge on any atom is 0.342 e. The van der Waals surface area contributed by atoms with Crippen LogP contribution in [0.25, 0.3) is 0 Å². The number of phenols is 1. The summed E-state index contributed by atoms with van der Waals surface area (Å²) in [7, 11) is 0. The van der Waals surface area contributed by atoms with Gasteiger partial charge in [-0.15, -0.1) is 6.58 Å². The second-order valence-corrected chi connectivity index (χ2v) is 4.64. The van der Waals surface area contributed by atoms with Crippen LogP contribution >= 0.6 is 11.6 Å². The zero-order chi connectivity index (χ0) is 13.9. The van der Waals surface area contributed by atoms with Gasteiger partial charge in [-0.2, -0.15) is 0 Å². The predicted molar refractivity (Wildman–Crippen MR) is 72.3 cm³/mol. The normalized spacial score (nSPS) is 12.0. The monoisotopic (exact) mass is 268 g/mol. The van der Waals surface area contributed by atoms with Crippen molar-refractivity contribution in [1.82, 2.24) is 0 Å². The van der Waals surface area contributed by atoms with Crippen LogP contribution in [0.4, 0.5) is 0 Å². The number of phenolic OH excluding ortho intramolecular Hbond substituents is 1. The minimum Gasteiger partial charge on any atom is -0.507 e. The fraction of sp³-hybridized carbons (Fsp3) is 0.357. The zero-order valence-corrected chi connectivity index (χ0v) is 11.5. The van der Waals surface area contributed by atoms with Crippen molar-refractivity contribution in [3.63, 3.8) is 0 Å². The average Bonchev–Trinajstić information content (AvgIpc) is 2.26. The summed E-state index contributed by atoms with van der Waals surface area (Å²) in [6.07, 6.45) is 1.95. The Labute approximate surface area is 112 Å². The van der Waals surface area contributed by atoms with Gasteiger partial charge in [-0.05, 0) is 38.0 Å². The number of benzene rings is 1. The van der Waals surface area contributed by atoms with Crippen LogP contribution in [0.15, 0.2) is 18.7 Å². The van der Waals surface area contributed by atoms with Gasteiger partial charge in [0.1, 0.15) is 17.4 Å². The van der Waals surface area contributed by atoms with E-state index >= 15 is 0 Å². The van der Waals surface area contributed by atoms with Crippen molar-refractivity contribution in [3.05, 3.63) is 40.4 Å². The first-order valence-corrected chi connectivity index (χ1v) is 6.06. The molecular formula is C14H17ClO3. The highest BCUT2D eigenvalue weighted by Gasteiger charge is 2.21. The summed E-state index contributed by atoms with van der Waals surface area (Å²) in [6.45, 7) is 8.80. The van der Waals surface area contributed by atoms with E-state index in [0.717, 1.165) is 5.56 Å². The molecule has 1 aromatic carbocycles. The smallest absolute Gasteiger partial charge is 0.342 e. The summed E-state index contributed by atoms with van der Waals surface area (Å²) in [4.78, 5) is 12.0. The van der Waals surface area contributed by atoms with Crippen molar-refractivity contribution < 1.29 is 14.6 Å². The summed E-state index contributed by atoms with van der Waals surface area (Å²) >= 11 is 6.06. The standard InChI is InChI=1S/C14H17ClO3/c1-5-6-9(3)18-14(17)12-10(4)13(15)8(2)7-11(12)16/h5,7,9,16H,1,6H2,2-4H3/t9-/m1/s1.